The number of rotatable bonds is 4. The normalized spacial score (nSPS) is 13.8. The summed E-state index contributed by atoms with van der Waals surface area (Å²) in [5, 5.41) is 2.64. The molecule has 0 bridgehead atoms. The minimum absolute atomic E-state index is 0.481. The second-order valence-corrected chi connectivity index (χ2v) is 6.64. The minimum Gasteiger partial charge on any atom is -0.493 e. The molecule has 1 fully saturated rings. The van der Waals surface area contributed by atoms with E-state index in [1.54, 1.807) is 23.1 Å². The summed E-state index contributed by atoms with van der Waals surface area (Å²) in [7, 11) is 3.05. The van der Waals surface area contributed by atoms with Crippen LogP contribution >= 0.6 is 0 Å². The van der Waals surface area contributed by atoms with Gasteiger partial charge in [-0.25, -0.2) is 0 Å². The fraction of sp³-hybridized carbons (Fsp3) is 0.333. The van der Waals surface area contributed by atoms with Crippen LogP contribution in [0.4, 0.5) is 11.4 Å². The number of hydrogen-bond donors (Lipinski definition) is 1. The molecule has 7 nitrogen and oxygen atoms in total. The quantitative estimate of drug-likeness (QED) is 0.821. The van der Waals surface area contributed by atoms with Crippen molar-refractivity contribution in [3.8, 4) is 11.5 Å². The van der Waals surface area contributed by atoms with Gasteiger partial charge in [0, 0.05) is 43.6 Å². The molecule has 148 valence electrons. The van der Waals surface area contributed by atoms with Crippen LogP contribution in [-0.4, -0.2) is 57.1 Å². The molecule has 1 saturated heterocycles. The summed E-state index contributed by atoms with van der Waals surface area (Å²) in [6.45, 7) is 4.46. The number of piperazine rings is 1. The molecular weight excluding hydrogens is 358 g/mol. The summed E-state index contributed by atoms with van der Waals surface area (Å²) in [6.07, 6.45) is 0. The van der Waals surface area contributed by atoms with Crippen LogP contribution in [0.1, 0.15) is 5.56 Å². The van der Waals surface area contributed by atoms with Gasteiger partial charge in [-0.15, -0.1) is 0 Å². The monoisotopic (exact) mass is 383 g/mol. The van der Waals surface area contributed by atoms with Gasteiger partial charge in [-0.05, 0) is 36.8 Å². The lowest BCUT2D eigenvalue weighted by atomic mass is 10.2. The molecule has 0 aliphatic carbocycles. The summed E-state index contributed by atoms with van der Waals surface area (Å²) in [6, 6.07) is 13.2. The Morgan fingerprint density at radius 2 is 1.64 bits per heavy atom. The van der Waals surface area contributed by atoms with E-state index >= 15 is 0 Å². The van der Waals surface area contributed by atoms with E-state index in [4.69, 9.17) is 9.47 Å². The number of aryl methyl sites for hydroxylation is 1. The standard InChI is InChI=1S/C21H25N3O4/c1-15-5-4-6-17(13-15)23-9-11-24(12-10-23)21(26)20(25)22-16-7-8-18(27-2)19(14-16)28-3/h4-8,13-14H,9-12H2,1-3H3,(H,22,25). The summed E-state index contributed by atoms with van der Waals surface area (Å²) in [4.78, 5) is 28.7. The van der Waals surface area contributed by atoms with Crippen LogP contribution in [0.25, 0.3) is 0 Å². The largest absolute Gasteiger partial charge is 0.493 e. The van der Waals surface area contributed by atoms with Gasteiger partial charge >= 0.3 is 11.8 Å². The molecule has 1 N–H and O–H groups in total. The smallest absolute Gasteiger partial charge is 0.313 e. The molecule has 1 heterocycles. The van der Waals surface area contributed by atoms with Gasteiger partial charge in [0.2, 0.25) is 0 Å². The van der Waals surface area contributed by atoms with E-state index in [2.05, 4.69) is 35.3 Å². The number of carbonyl (C=O) groups is 2. The molecule has 3 rings (SSSR count). The van der Waals surface area contributed by atoms with Crippen molar-refractivity contribution in [2.75, 3.05) is 50.6 Å². The first-order chi connectivity index (χ1) is 13.5. The number of hydrogen-bond acceptors (Lipinski definition) is 5. The third-order valence-electron chi connectivity index (χ3n) is 4.77. The van der Waals surface area contributed by atoms with E-state index in [-0.39, 0.29) is 0 Å². The number of anilines is 2. The summed E-state index contributed by atoms with van der Waals surface area (Å²) in [5.74, 6) is -0.145. The van der Waals surface area contributed by atoms with Crippen molar-refractivity contribution in [2.24, 2.45) is 0 Å². The first-order valence-corrected chi connectivity index (χ1v) is 9.15. The fourth-order valence-electron chi connectivity index (χ4n) is 3.23. The highest BCUT2D eigenvalue weighted by molar-refractivity contribution is 6.39. The zero-order valence-electron chi connectivity index (χ0n) is 16.4. The lowest BCUT2D eigenvalue weighted by molar-refractivity contribution is -0.143. The highest BCUT2D eigenvalue weighted by atomic mass is 16.5. The van der Waals surface area contributed by atoms with E-state index < -0.39 is 11.8 Å². The van der Waals surface area contributed by atoms with Gasteiger partial charge in [-0.2, -0.15) is 0 Å². The van der Waals surface area contributed by atoms with Gasteiger partial charge in [-0.1, -0.05) is 12.1 Å². The number of carbonyl (C=O) groups excluding carboxylic acids is 2. The van der Waals surface area contributed by atoms with Crippen molar-refractivity contribution in [3.63, 3.8) is 0 Å². The number of nitrogens with zero attached hydrogens (tertiary/aromatic N) is 2. The van der Waals surface area contributed by atoms with Gasteiger partial charge in [0.15, 0.2) is 11.5 Å². The predicted octanol–water partition coefficient (Wildman–Crippen LogP) is 2.30. The lowest BCUT2D eigenvalue weighted by Crippen LogP contribution is -2.51. The SMILES string of the molecule is COc1ccc(NC(=O)C(=O)N2CCN(c3cccc(C)c3)CC2)cc1OC. The molecule has 0 atom stereocenters. The highest BCUT2D eigenvalue weighted by Crippen LogP contribution is 2.29. The first kappa shape index (κ1) is 19.5. The average molecular weight is 383 g/mol. The van der Waals surface area contributed by atoms with Crippen molar-refractivity contribution < 1.29 is 19.1 Å². The minimum atomic E-state index is -0.656. The first-order valence-electron chi connectivity index (χ1n) is 9.15. The van der Waals surface area contributed by atoms with E-state index in [1.165, 1.54) is 19.8 Å². The molecule has 0 radical (unpaired) electrons. The molecule has 0 aromatic heterocycles. The van der Waals surface area contributed by atoms with Crippen molar-refractivity contribution in [1.82, 2.24) is 4.90 Å². The number of nitrogens with one attached hydrogen (secondary N) is 1. The maximum absolute atomic E-state index is 12.5. The molecular formula is C21H25N3O4. The predicted molar refractivity (Wildman–Crippen MR) is 108 cm³/mol. The van der Waals surface area contributed by atoms with Crippen LogP contribution in [0.5, 0.6) is 11.5 Å². The zero-order chi connectivity index (χ0) is 20.1. The zero-order valence-corrected chi connectivity index (χ0v) is 16.4. The number of methoxy groups -OCH3 is 2. The Hall–Kier alpha value is -3.22. The van der Waals surface area contributed by atoms with Gasteiger partial charge in [0.05, 0.1) is 14.2 Å². The van der Waals surface area contributed by atoms with Gasteiger partial charge < -0.3 is 24.6 Å². The molecule has 1 aliphatic heterocycles. The second kappa shape index (κ2) is 8.65. The Kier molecular flexibility index (Phi) is 6.03. The fourth-order valence-corrected chi connectivity index (χ4v) is 3.23. The summed E-state index contributed by atoms with van der Waals surface area (Å²) in [5.41, 5.74) is 2.82. The maximum Gasteiger partial charge on any atom is 0.313 e. The molecule has 0 spiro atoms. The van der Waals surface area contributed by atoms with Crippen LogP contribution < -0.4 is 19.7 Å². The van der Waals surface area contributed by atoms with Crippen molar-refractivity contribution in [3.05, 3.63) is 48.0 Å². The van der Waals surface area contributed by atoms with Gasteiger partial charge in [0.1, 0.15) is 0 Å². The molecule has 0 saturated carbocycles. The Bertz CT molecular complexity index is 860. The third kappa shape index (κ3) is 4.36. The average Bonchev–Trinajstić information content (AvgIpc) is 2.73. The third-order valence-corrected chi connectivity index (χ3v) is 4.77. The van der Waals surface area contributed by atoms with E-state index in [1.807, 2.05) is 6.07 Å². The Morgan fingerprint density at radius 1 is 0.929 bits per heavy atom. The molecule has 2 aromatic carbocycles. The topological polar surface area (TPSA) is 71.1 Å². The number of amides is 2. The van der Waals surface area contributed by atoms with Crippen molar-refractivity contribution in [1.29, 1.82) is 0 Å². The highest BCUT2D eigenvalue weighted by Gasteiger charge is 2.26. The molecule has 2 amide bonds. The lowest BCUT2D eigenvalue weighted by Gasteiger charge is -2.35. The number of benzene rings is 2. The van der Waals surface area contributed by atoms with Crippen LogP contribution in [0, 0.1) is 6.92 Å². The Morgan fingerprint density at radius 3 is 2.29 bits per heavy atom. The Balaban J connectivity index is 1.58. The van der Waals surface area contributed by atoms with Crippen LogP contribution in [0.15, 0.2) is 42.5 Å². The van der Waals surface area contributed by atoms with E-state index in [9.17, 15) is 9.59 Å². The van der Waals surface area contributed by atoms with Crippen molar-refractivity contribution >= 4 is 23.2 Å². The second-order valence-electron chi connectivity index (χ2n) is 6.64. The van der Waals surface area contributed by atoms with E-state index in [0.29, 0.717) is 43.4 Å². The van der Waals surface area contributed by atoms with E-state index in [0.717, 1.165) is 5.69 Å². The van der Waals surface area contributed by atoms with Crippen molar-refractivity contribution in [2.45, 2.75) is 6.92 Å². The maximum atomic E-state index is 12.5. The van der Waals surface area contributed by atoms with Crippen LogP contribution in [0.3, 0.4) is 0 Å². The summed E-state index contributed by atoms with van der Waals surface area (Å²) >= 11 is 0. The molecule has 0 unspecified atom stereocenters. The summed E-state index contributed by atoms with van der Waals surface area (Å²) < 4.78 is 10.4. The molecule has 7 heteroatoms. The number of ether oxygens (including phenoxy) is 2. The van der Waals surface area contributed by atoms with Gasteiger partial charge in [-0.3, -0.25) is 9.59 Å². The molecule has 28 heavy (non-hydrogen) atoms. The van der Waals surface area contributed by atoms with Crippen LogP contribution in [-0.2, 0) is 9.59 Å². The molecule has 1 aliphatic rings. The van der Waals surface area contributed by atoms with Gasteiger partial charge in [0.25, 0.3) is 0 Å². The Labute approximate surface area is 164 Å². The molecule has 2 aromatic rings. The van der Waals surface area contributed by atoms with Crippen LogP contribution in [0.2, 0.25) is 0 Å².